The van der Waals surface area contributed by atoms with Gasteiger partial charge in [-0.25, -0.2) is 0 Å². The summed E-state index contributed by atoms with van der Waals surface area (Å²) >= 11 is 0. The van der Waals surface area contributed by atoms with Gasteiger partial charge in [0.05, 0.1) is 19.3 Å². The van der Waals surface area contributed by atoms with E-state index in [2.05, 4.69) is 19.1 Å². The molecule has 1 saturated heterocycles. The van der Waals surface area contributed by atoms with Crippen molar-refractivity contribution in [2.75, 3.05) is 13.2 Å². The second-order valence-corrected chi connectivity index (χ2v) is 4.68. The van der Waals surface area contributed by atoms with Crippen LogP contribution in [0.15, 0.2) is 30.3 Å². The van der Waals surface area contributed by atoms with Gasteiger partial charge in [0.2, 0.25) is 0 Å². The maximum absolute atomic E-state index is 5.88. The van der Waals surface area contributed by atoms with Crippen molar-refractivity contribution in [2.24, 2.45) is 0 Å². The van der Waals surface area contributed by atoms with Gasteiger partial charge in [-0.2, -0.15) is 0 Å². The predicted octanol–water partition coefficient (Wildman–Crippen LogP) is 3.72. The molecule has 17 heavy (non-hydrogen) atoms. The van der Waals surface area contributed by atoms with E-state index in [1.165, 1.54) is 24.8 Å². The van der Waals surface area contributed by atoms with Crippen LogP contribution in [0.1, 0.15) is 44.3 Å². The van der Waals surface area contributed by atoms with Crippen LogP contribution in [-0.4, -0.2) is 19.3 Å². The van der Waals surface area contributed by atoms with E-state index in [0.29, 0.717) is 12.7 Å². The Hall–Kier alpha value is -0.860. The lowest BCUT2D eigenvalue weighted by Gasteiger charge is -2.29. The average molecular weight is 234 g/mol. The minimum atomic E-state index is 0.124. The van der Waals surface area contributed by atoms with Gasteiger partial charge in [-0.1, -0.05) is 56.5 Å². The third-order valence-corrected chi connectivity index (χ3v) is 3.27. The molecule has 1 heterocycles. The summed E-state index contributed by atoms with van der Waals surface area (Å²) in [5, 5.41) is 0. The molecule has 0 aliphatic carbocycles. The summed E-state index contributed by atoms with van der Waals surface area (Å²) in [6.45, 7) is 3.66. The molecular formula is C15H22O2. The van der Waals surface area contributed by atoms with E-state index in [9.17, 15) is 0 Å². The molecule has 1 aliphatic heterocycles. The van der Waals surface area contributed by atoms with Crippen molar-refractivity contribution in [1.29, 1.82) is 0 Å². The topological polar surface area (TPSA) is 18.5 Å². The molecule has 0 amide bonds. The molecule has 0 spiro atoms. The summed E-state index contributed by atoms with van der Waals surface area (Å²) in [5.41, 5.74) is 1.22. The van der Waals surface area contributed by atoms with E-state index in [0.717, 1.165) is 13.0 Å². The number of unbranched alkanes of at least 4 members (excludes halogenated alkanes) is 2. The summed E-state index contributed by atoms with van der Waals surface area (Å²) in [4.78, 5) is 0. The van der Waals surface area contributed by atoms with Crippen molar-refractivity contribution < 1.29 is 9.47 Å². The number of benzene rings is 1. The minimum Gasteiger partial charge on any atom is -0.373 e. The molecule has 0 radical (unpaired) electrons. The molecular weight excluding hydrogens is 212 g/mol. The van der Waals surface area contributed by atoms with Gasteiger partial charge in [0, 0.05) is 0 Å². The first-order valence-electron chi connectivity index (χ1n) is 6.68. The zero-order chi connectivity index (χ0) is 11.9. The molecule has 2 unspecified atom stereocenters. The monoisotopic (exact) mass is 234 g/mol. The Morgan fingerprint density at radius 2 is 1.88 bits per heavy atom. The molecule has 1 aromatic rings. The third kappa shape index (κ3) is 3.83. The number of hydrogen-bond donors (Lipinski definition) is 0. The van der Waals surface area contributed by atoms with Gasteiger partial charge in [-0.3, -0.25) is 0 Å². The Bertz CT molecular complexity index is 302. The van der Waals surface area contributed by atoms with E-state index < -0.39 is 0 Å². The highest BCUT2D eigenvalue weighted by Gasteiger charge is 2.22. The van der Waals surface area contributed by atoms with E-state index in [4.69, 9.17) is 9.47 Å². The van der Waals surface area contributed by atoms with E-state index in [1.54, 1.807) is 0 Å². The molecule has 0 aromatic heterocycles. The van der Waals surface area contributed by atoms with Crippen molar-refractivity contribution in [3.8, 4) is 0 Å². The first-order valence-corrected chi connectivity index (χ1v) is 6.68. The highest BCUT2D eigenvalue weighted by molar-refractivity contribution is 5.17. The smallest absolute Gasteiger partial charge is 0.106 e. The highest BCUT2D eigenvalue weighted by atomic mass is 16.6. The van der Waals surface area contributed by atoms with Crippen LogP contribution < -0.4 is 0 Å². The quantitative estimate of drug-likeness (QED) is 0.723. The first-order chi connectivity index (χ1) is 8.40. The summed E-state index contributed by atoms with van der Waals surface area (Å²) in [5.74, 6) is 0. The standard InChI is InChI=1S/C15H22O2/c1-2-3-5-10-14-11-17-15(12-16-14)13-8-6-4-7-9-13/h4,6-9,14-15H,2-3,5,10-12H2,1H3. The van der Waals surface area contributed by atoms with E-state index in [1.807, 2.05) is 18.2 Å². The molecule has 94 valence electrons. The van der Waals surface area contributed by atoms with Crippen LogP contribution in [0.4, 0.5) is 0 Å². The largest absolute Gasteiger partial charge is 0.373 e. The SMILES string of the molecule is CCCCCC1COC(c2ccccc2)CO1. The fourth-order valence-electron chi connectivity index (χ4n) is 2.19. The fraction of sp³-hybridized carbons (Fsp3) is 0.600. The summed E-state index contributed by atoms with van der Waals surface area (Å²) in [6.07, 6.45) is 5.37. The average Bonchev–Trinajstić information content (AvgIpc) is 2.41. The van der Waals surface area contributed by atoms with Crippen LogP contribution >= 0.6 is 0 Å². The van der Waals surface area contributed by atoms with Gasteiger partial charge in [-0.15, -0.1) is 0 Å². The molecule has 0 N–H and O–H groups in total. The highest BCUT2D eigenvalue weighted by Crippen LogP contribution is 2.24. The Balaban J connectivity index is 1.74. The molecule has 1 aliphatic rings. The van der Waals surface area contributed by atoms with Gasteiger partial charge in [0.1, 0.15) is 6.10 Å². The predicted molar refractivity (Wildman–Crippen MR) is 69.0 cm³/mol. The summed E-state index contributed by atoms with van der Waals surface area (Å²) in [6, 6.07) is 10.3. The van der Waals surface area contributed by atoms with E-state index >= 15 is 0 Å². The van der Waals surface area contributed by atoms with Crippen molar-refractivity contribution in [1.82, 2.24) is 0 Å². The second kappa shape index (κ2) is 6.77. The summed E-state index contributed by atoms with van der Waals surface area (Å²) < 4.78 is 11.7. The number of ether oxygens (including phenoxy) is 2. The van der Waals surface area contributed by atoms with Gasteiger partial charge < -0.3 is 9.47 Å². The fourth-order valence-corrected chi connectivity index (χ4v) is 2.19. The van der Waals surface area contributed by atoms with Crippen LogP contribution in [-0.2, 0) is 9.47 Å². The van der Waals surface area contributed by atoms with Crippen LogP contribution in [0.25, 0.3) is 0 Å². The Morgan fingerprint density at radius 3 is 2.53 bits per heavy atom. The zero-order valence-corrected chi connectivity index (χ0v) is 10.6. The lowest BCUT2D eigenvalue weighted by Crippen LogP contribution is -2.31. The van der Waals surface area contributed by atoms with Crippen molar-refractivity contribution >= 4 is 0 Å². The maximum atomic E-state index is 5.88. The van der Waals surface area contributed by atoms with E-state index in [-0.39, 0.29) is 6.10 Å². The molecule has 1 aromatic carbocycles. The molecule has 2 nitrogen and oxygen atoms in total. The minimum absolute atomic E-state index is 0.124. The van der Waals surface area contributed by atoms with Crippen LogP contribution in [0, 0.1) is 0 Å². The molecule has 2 rings (SSSR count). The van der Waals surface area contributed by atoms with Gasteiger partial charge in [0.15, 0.2) is 0 Å². The lowest BCUT2D eigenvalue weighted by molar-refractivity contribution is -0.137. The van der Waals surface area contributed by atoms with Crippen LogP contribution in [0.5, 0.6) is 0 Å². The van der Waals surface area contributed by atoms with Crippen LogP contribution in [0.2, 0.25) is 0 Å². The first kappa shape index (κ1) is 12.6. The molecule has 0 saturated carbocycles. The second-order valence-electron chi connectivity index (χ2n) is 4.68. The molecule has 2 heteroatoms. The normalized spacial score (nSPS) is 24.8. The molecule has 1 fully saturated rings. The van der Waals surface area contributed by atoms with Crippen molar-refractivity contribution in [2.45, 2.75) is 44.8 Å². The maximum Gasteiger partial charge on any atom is 0.106 e. The zero-order valence-electron chi connectivity index (χ0n) is 10.6. The lowest BCUT2D eigenvalue weighted by atomic mass is 10.1. The van der Waals surface area contributed by atoms with Crippen LogP contribution in [0.3, 0.4) is 0 Å². The van der Waals surface area contributed by atoms with Gasteiger partial charge in [0.25, 0.3) is 0 Å². The summed E-state index contributed by atoms with van der Waals surface area (Å²) in [7, 11) is 0. The van der Waals surface area contributed by atoms with Gasteiger partial charge >= 0.3 is 0 Å². The van der Waals surface area contributed by atoms with Crippen molar-refractivity contribution in [3.63, 3.8) is 0 Å². The Morgan fingerprint density at radius 1 is 1.06 bits per heavy atom. The molecule has 0 bridgehead atoms. The Labute approximate surface area is 104 Å². The molecule has 2 atom stereocenters. The van der Waals surface area contributed by atoms with Gasteiger partial charge in [-0.05, 0) is 12.0 Å². The third-order valence-electron chi connectivity index (χ3n) is 3.27. The number of hydrogen-bond acceptors (Lipinski definition) is 2. The number of rotatable bonds is 5. The Kier molecular flexibility index (Phi) is 5.02. The van der Waals surface area contributed by atoms with Crippen molar-refractivity contribution in [3.05, 3.63) is 35.9 Å².